The molecule has 0 fully saturated rings. The van der Waals surface area contributed by atoms with Crippen LogP contribution in [0.3, 0.4) is 0 Å². The maximum absolute atomic E-state index is 12.1. The Labute approximate surface area is 131 Å². The van der Waals surface area contributed by atoms with Gasteiger partial charge in [-0.3, -0.25) is 13.3 Å². The quantitative estimate of drug-likeness (QED) is 0.693. The maximum atomic E-state index is 12.1. The van der Waals surface area contributed by atoms with E-state index >= 15 is 0 Å². The van der Waals surface area contributed by atoms with E-state index in [1.54, 1.807) is 19.1 Å². The van der Waals surface area contributed by atoms with Crippen LogP contribution in [0.2, 0.25) is 0 Å². The average Bonchev–Trinajstić information content (AvgIpc) is 2.90. The number of methoxy groups -OCH3 is 1. The molecular formula is C16H15N3O2S. The van der Waals surface area contributed by atoms with Gasteiger partial charge in [0.2, 0.25) is 5.95 Å². The predicted octanol–water partition coefficient (Wildman–Crippen LogP) is 2.82. The molecule has 0 unspecified atom stereocenters. The van der Waals surface area contributed by atoms with Crippen molar-refractivity contribution in [3.63, 3.8) is 0 Å². The Bertz CT molecular complexity index is 972. The molecule has 0 bridgehead atoms. The summed E-state index contributed by atoms with van der Waals surface area (Å²) in [6.45, 7) is 3.74. The normalized spacial score (nSPS) is 13.0. The Balaban J connectivity index is 2.04. The van der Waals surface area contributed by atoms with E-state index in [2.05, 4.69) is 3.97 Å². The fraction of sp³-hybridized carbons (Fsp3) is 0.250. The monoisotopic (exact) mass is 313 g/mol. The van der Waals surface area contributed by atoms with Crippen LogP contribution in [0.1, 0.15) is 16.8 Å². The summed E-state index contributed by atoms with van der Waals surface area (Å²) >= 11 is 1.66. The van der Waals surface area contributed by atoms with Crippen molar-refractivity contribution in [3.8, 4) is 11.7 Å². The van der Waals surface area contributed by atoms with E-state index in [1.165, 1.54) is 0 Å². The third kappa shape index (κ3) is 1.73. The van der Waals surface area contributed by atoms with Crippen LogP contribution in [0.25, 0.3) is 17.0 Å². The van der Waals surface area contributed by atoms with Crippen molar-refractivity contribution in [1.29, 1.82) is 0 Å². The molecule has 4 rings (SSSR count). The summed E-state index contributed by atoms with van der Waals surface area (Å²) in [6.07, 6.45) is 1.89. The van der Waals surface area contributed by atoms with E-state index < -0.39 is 0 Å². The van der Waals surface area contributed by atoms with Gasteiger partial charge in [-0.05, 0) is 37.9 Å². The highest BCUT2D eigenvalue weighted by molar-refractivity contribution is 7.97. The standard InChI is InChI=1S/C16H15N3O2S/c1-9-7-18-14(10(2)15(9)20)8-22-19-13-5-4-11(21-3)6-12(13)17-16(18)19/h4-7H,8H2,1-3H3. The first kappa shape index (κ1) is 13.5. The molecule has 112 valence electrons. The van der Waals surface area contributed by atoms with Gasteiger partial charge in [0.05, 0.1) is 23.9 Å². The number of aryl methyl sites for hydroxylation is 1. The molecule has 3 heterocycles. The summed E-state index contributed by atoms with van der Waals surface area (Å²) < 4.78 is 9.43. The summed E-state index contributed by atoms with van der Waals surface area (Å²) in [4.78, 5) is 16.9. The van der Waals surface area contributed by atoms with Crippen LogP contribution in [0.15, 0.2) is 29.2 Å². The minimum Gasteiger partial charge on any atom is -0.497 e. The summed E-state index contributed by atoms with van der Waals surface area (Å²) in [6, 6.07) is 5.89. The number of benzene rings is 1. The van der Waals surface area contributed by atoms with Crippen LogP contribution in [0.5, 0.6) is 5.75 Å². The molecular weight excluding hydrogens is 298 g/mol. The molecule has 6 heteroatoms. The molecule has 22 heavy (non-hydrogen) atoms. The van der Waals surface area contributed by atoms with E-state index in [0.717, 1.165) is 45.3 Å². The van der Waals surface area contributed by atoms with Crippen molar-refractivity contribution in [2.75, 3.05) is 7.11 Å². The summed E-state index contributed by atoms with van der Waals surface area (Å²) in [5, 5.41) is 0. The Kier molecular flexibility index (Phi) is 2.84. The zero-order valence-corrected chi connectivity index (χ0v) is 13.4. The number of imidazole rings is 1. The molecule has 1 aliphatic heterocycles. The van der Waals surface area contributed by atoms with Crippen molar-refractivity contribution < 1.29 is 4.74 Å². The van der Waals surface area contributed by atoms with Crippen molar-refractivity contribution >= 4 is 23.0 Å². The Hall–Kier alpha value is -2.21. The van der Waals surface area contributed by atoms with Gasteiger partial charge in [-0.2, -0.15) is 0 Å². The molecule has 0 N–H and O–H groups in total. The number of nitrogens with zero attached hydrogens (tertiary/aromatic N) is 3. The Morgan fingerprint density at radius 1 is 1.32 bits per heavy atom. The second kappa shape index (κ2) is 4.64. The molecule has 0 spiro atoms. The molecule has 0 saturated carbocycles. The number of aromatic nitrogens is 3. The van der Waals surface area contributed by atoms with Crippen molar-refractivity contribution in [2.24, 2.45) is 0 Å². The highest BCUT2D eigenvalue weighted by Crippen LogP contribution is 2.33. The lowest BCUT2D eigenvalue weighted by molar-refractivity contribution is 0.415. The van der Waals surface area contributed by atoms with Crippen LogP contribution in [0, 0.1) is 13.8 Å². The second-order valence-electron chi connectivity index (χ2n) is 5.42. The Morgan fingerprint density at radius 3 is 2.91 bits per heavy atom. The molecule has 5 nitrogen and oxygen atoms in total. The van der Waals surface area contributed by atoms with Gasteiger partial charge in [-0.1, -0.05) is 0 Å². The molecule has 0 amide bonds. The van der Waals surface area contributed by atoms with Crippen molar-refractivity contribution in [1.82, 2.24) is 13.5 Å². The first-order valence-electron chi connectivity index (χ1n) is 7.02. The molecule has 0 aliphatic carbocycles. The van der Waals surface area contributed by atoms with Gasteiger partial charge in [-0.25, -0.2) is 4.98 Å². The largest absolute Gasteiger partial charge is 0.497 e. The number of hydrogen-bond acceptors (Lipinski definition) is 4. The number of fused-ring (bicyclic) bond motifs is 5. The summed E-state index contributed by atoms with van der Waals surface area (Å²) in [7, 11) is 1.65. The van der Waals surface area contributed by atoms with Crippen LogP contribution in [-0.4, -0.2) is 20.6 Å². The van der Waals surface area contributed by atoms with E-state index in [-0.39, 0.29) is 5.43 Å². The molecule has 3 aromatic rings. The van der Waals surface area contributed by atoms with E-state index in [4.69, 9.17) is 9.72 Å². The zero-order valence-electron chi connectivity index (χ0n) is 12.6. The molecule has 0 saturated heterocycles. The van der Waals surface area contributed by atoms with Gasteiger partial charge < -0.3 is 4.74 Å². The summed E-state index contributed by atoms with van der Waals surface area (Å²) in [5.41, 5.74) is 4.64. The third-order valence-corrected chi connectivity index (χ3v) is 5.12. The van der Waals surface area contributed by atoms with Crippen LogP contribution in [-0.2, 0) is 5.75 Å². The van der Waals surface area contributed by atoms with E-state index in [9.17, 15) is 4.79 Å². The highest BCUT2D eigenvalue weighted by atomic mass is 32.2. The topological polar surface area (TPSA) is 49.1 Å². The predicted molar refractivity (Wildman–Crippen MR) is 88.0 cm³/mol. The minimum atomic E-state index is 0.123. The van der Waals surface area contributed by atoms with E-state index in [0.29, 0.717) is 0 Å². The van der Waals surface area contributed by atoms with E-state index in [1.807, 2.05) is 42.8 Å². The van der Waals surface area contributed by atoms with Gasteiger partial charge in [0, 0.05) is 29.1 Å². The lowest BCUT2D eigenvalue weighted by Gasteiger charge is -2.22. The Morgan fingerprint density at radius 2 is 2.14 bits per heavy atom. The first-order valence-corrected chi connectivity index (χ1v) is 7.96. The fourth-order valence-corrected chi connectivity index (χ4v) is 4.00. The first-order chi connectivity index (χ1) is 10.6. The maximum Gasteiger partial charge on any atom is 0.225 e. The zero-order chi connectivity index (χ0) is 15.4. The number of pyridine rings is 1. The minimum absolute atomic E-state index is 0.123. The number of rotatable bonds is 1. The number of ether oxygens (including phenoxy) is 1. The van der Waals surface area contributed by atoms with Crippen molar-refractivity contribution in [3.05, 3.63) is 51.4 Å². The third-order valence-electron chi connectivity index (χ3n) is 4.09. The number of hydrogen-bond donors (Lipinski definition) is 0. The fourth-order valence-electron chi connectivity index (χ4n) is 2.85. The molecule has 1 aromatic carbocycles. The van der Waals surface area contributed by atoms with Gasteiger partial charge >= 0.3 is 0 Å². The highest BCUT2D eigenvalue weighted by Gasteiger charge is 2.23. The molecule has 0 atom stereocenters. The molecule has 0 radical (unpaired) electrons. The molecule has 1 aliphatic rings. The van der Waals surface area contributed by atoms with Crippen LogP contribution < -0.4 is 10.2 Å². The smallest absolute Gasteiger partial charge is 0.225 e. The lowest BCUT2D eigenvalue weighted by atomic mass is 10.1. The van der Waals surface area contributed by atoms with Gasteiger partial charge in [0.25, 0.3) is 0 Å². The lowest BCUT2D eigenvalue weighted by Crippen LogP contribution is -2.22. The van der Waals surface area contributed by atoms with Crippen LogP contribution in [0.4, 0.5) is 0 Å². The second-order valence-corrected chi connectivity index (χ2v) is 6.33. The van der Waals surface area contributed by atoms with Crippen molar-refractivity contribution in [2.45, 2.75) is 19.6 Å². The van der Waals surface area contributed by atoms with Gasteiger partial charge in [0.1, 0.15) is 5.75 Å². The molecule has 2 aromatic heterocycles. The SMILES string of the molecule is COc1ccc2c(c1)nc1n2SCc2c(C)c(=O)c(C)cn2-1. The van der Waals surface area contributed by atoms with Crippen LogP contribution >= 0.6 is 11.9 Å². The average molecular weight is 313 g/mol. The van der Waals surface area contributed by atoms with Gasteiger partial charge in [-0.15, -0.1) is 0 Å². The summed E-state index contributed by atoms with van der Waals surface area (Å²) in [5.74, 6) is 2.38. The van der Waals surface area contributed by atoms with Gasteiger partial charge in [0.15, 0.2) is 5.43 Å².